The van der Waals surface area contributed by atoms with E-state index in [4.69, 9.17) is 0 Å². The lowest BCUT2D eigenvalue weighted by molar-refractivity contribution is 0.0939. The Morgan fingerprint density at radius 2 is 1.93 bits per heavy atom. The molecule has 0 aliphatic carbocycles. The number of sulfonamides is 1. The summed E-state index contributed by atoms with van der Waals surface area (Å²) in [6.07, 6.45) is 3.31. The van der Waals surface area contributed by atoms with Crippen LogP contribution in [-0.2, 0) is 16.6 Å². The van der Waals surface area contributed by atoms with Crippen molar-refractivity contribution in [3.05, 3.63) is 82.3 Å². The highest BCUT2D eigenvalue weighted by Gasteiger charge is 2.17. The van der Waals surface area contributed by atoms with Crippen LogP contribution < -0.4 is 10.0 Å². The Morgan fingerprint density at radius 3 is 2.63 bits per heavy atom. The van der Waals surface area contributed by atoms with Crippen molar-refractivity contribution in [1.82, 2.24) is 15.0 Å². The molecule has 1 aromatic carbocycles. The Balaban J connectivity index is 1.71. The molecule has 0 fully saturated rings. The van der Waals surface area contributed by atoms with Crippen LogP contribution in [0.3, 0.4) is 0 Å². The van der Waals surface area contributed by atoms with E-state index in [1.165, 1.54) is 23.5 Å². The molecule has 2 heterocycles. The van der Waals surface area contributed by atoms with E-state index in [2.05, 4.69) is 15.0 Å². The molecule has 2 N–H and O–H groups in total. The highest BCUT2D eigenvalue weighted by atomic mass is 32.2. The van der Waals surface area contributed by atoms with Gasteiger partial charge in [0.15, 0.2) is 0 Å². The predicted octanol–water partition coefficient (Wildman–Crippen LogP) is 3.11. The Bertz CT molecular complexity index is 1000. The summed E-state index contributed by atoms with van der Waals surface area (Å²) in [6.45, 7) is 2.08. The van der Waals surface area contributed by atoms with Crippen LogP contribution in [0.1, 0.15) is 33.8 Å². The van der Waals surface area contributed by atoms with Crippen LogP contribution in [0.2, 0.25) is 0 Å². The molecule has 6 nitrogen and oxygen atoms in total. The normalized spacial score (nSPS) is 12.5. The lowest BCUT2D eigenvalue weighted by Crippen LogP contribution is -2.27. The first kappa shape index (κ1) is 19.2. The first-order valence-electron chi connectivity index (χ1n) is 8.28. The zero-order chi connectivity index (χ0) is 19.3. The van der Waals surface area contributed by atoms with Gasteiger partial charge in [0.1, 0.15) is 0 Å². The number of nitrogens with zero attached hydrogens (tertiary/aromatic N) is 1. The minimum absolute atomic E-state index is 0.0586. The molecule has 0 saturated carbocycles. The van der Waals surface area contributed by atoms with E-state index in [0.29, 0.717) is 0 Å². The number of hydrogen-bond donors (Lipinski definition) is 2. The van der Waals surface area contributed by atoms with Gasteiger partial charge in [-0.15, -0.1) is 11.3 Å². The summed E-state index contributed by atoms with van der Waals surface area (Å²) < 4.78 is 27.6. The van der Waals surface area contributed by atoms with E-state index in [0.717, 1.165) is 10.4 Å². The van der Waals surface area contributed by atoms with Gasteiger partial charge in [0.25, 0.3) is 5.91 Å². The number of pyridine rings is 1. The molecular formula is C19H19N3O3S2. The van der Waals surface area contributed by atoms with Crippen molar-refractivity contribution in [3.63, 3.8) is 0 Å². The molecule has 0 radical (unpaired) electrons. The van der Waals surface area contributed by atoms with Crippen molar-refractivity contribution >= 4 is 27.3 Å². The van der Waals surface area contributed by atoms with Crippen LogP contribution >= 0.6 is 11.3 Å². The molecule has 0 aliphatic heterocycles. The van der Waals surface area contributed by atoms with Gasteiger partial charge in [0.05, 0.1) is 10.9 Å². The first-order chi connectivity index (χ1) is 13.0. The molecule has 0 spiro atoms. The Kier molecular flexibility index (Phi) is 6.00. The molecule has 3 rings (SSSR count). The molecular weight excluding hydrogens is 382 g/mol. The number of nitrogens with one attached hydrogen (secondary N) is 2. The molecule has 27 heavy (non-hydrogen) atoms. The molecule has 3 aromatic rings. The van der Waals surface area contributed by atoms with E-state index in [1.807, 2.05) is 36.6 Å². The summed E-state index contributed by atoms with van der Waals surface area (Å²) in [7, 11) is -3.70. The quantitative estimate of drug-likeness (QED) is 0.637. The third-order valence-electron chi connectivity index (χ3n) is 3.98. The molecule has 140 valence electrons. The number of benzene rings is 1. The van der Waals surface area contributed by atoms with E-state index in [-0.39, 0.29) is 29.0 Å². The van der Waals surface area contributed by atoms with Gasteiger partial charge in [-0.25, -0.2) is 13.1 Å². The fraction of sp³-hybridized carbons (Fsp3) is 0.158. The monoisotopic (exact) mass is 401 g/mol. The highest BCUT2D eigenvalue weighted by Crippen LogP contribution is 2.16. The van der Waals surface area contributed by atoms with Gasteiger partial charge in [0.2, 0.25) is 10.0 Å². The standard InChI is InChI=1S/C19H19N3O3S2/c1-14(15-7-9-20-10-8-15)22-19(23)16-4-2-6-18(12-16)27(24,25)21-13-17-5-3-11-26-17/h2-12,14,21H,13H2,1H3,(H,22,23). The topological polar surface area (TPSA) is 88.2 Å². The Hall–Kier alpha value is -2.55. The van der Waals surface area contributed by atoms with Crippen molar-refractivity contribution < 1.29 is 13.2 Å². The molecule has 1 unspecified atom stereocenters. The van der Waals surface area contributed by atoms with Crippen molar-refractivity contribution in [2.45, 2.75) is 24.4 Å². The van der Waals surface area contributed by atoms with Crippen molar-refractivity contribution in [1.29, 1.82) is 0 Å². The van der Waals surface area contributed by atoms with Crippen LogP contribution in [0.15, 0.2) is 71.2 Å². The number of amides is 1. The third kappa shape index (κ3) is 5.00. The Labute approximate surface area is 162 Å². The van der Waals surface area contributed by atoms with Crippen molar-refractivity contribution in [2.75, 3.05) is 0 Å². The van der Waals surface area contributed by atoms with Crippen molar-refractivity contribution in [2.24, 2.45) is 0 Å². The minimum Gasteiger partial charge on any atom is -0.346 e. The molecule has 0 aliphatic rings. The van der Waals surface area contributed by atoms with Gasteiger partial charge in [0, 0.05) is 29.4 Å². The van der Waals surface area contributed by atoms with Gasteiger partial charge in [-0.1, -0.05) is 12.1 Å². The average Bonchev–Trinajstić information content (AvgIpc) is 3.21. The van der Waals surface area contributed by atoms with Gasteiger partial charge >= 0.3 is 0 Å². The van der Waals surface area contributed by atoms with Gasteiger partial charge in [-0.05, 0) is 54.3 Å². The fourth-order valence-corrected chi connectivity index (χ4v) is 4.27. The zero-order valence-corrected chi connectivity index (χ0v) is 16.3. The molecule has 1 atom stereocenters. The number of carbonyl (C=O) groups is 1. The summed E-state index contributed by atoms with van der Waals surface area (Å²) in [5.41, 5.74) is 1.20. The SMILES string of the molecule is CC(NC(=O)c1cccc(S(=O)(=O)NCc2cccs2)c1)c1ccncc1. The summed E-state index contributed by atoms with van der Waals surface area (Å²) in [5, 5.41) is 4.75. The summed E-state index contributed by atoms with van der Waals surface area (Å²) in [5.74, 6) is -0.338. The van der Waals surface area contributed by atoms with Crippen LogP contribution in [0.25, 0.3) is 0 Å². The largest absolute Gasteiger partial charge is 0.346 e. The van der Waals surface area contributed by atoms with Gasteiger partial charge in [-0.3, -0.25) is 9.78 Å². The van der Waals surface area contributed by atoms with E-state index >= 15 is 0 Å². The summed E-state index contributed by atoms with van der Waals surface area (Å²) in [6, 6.07) is 13.1. The fourth-order valence-electron chi connectivity index (χ4n) is 2.48. The smallest absolute Gasteiger partial charge is 0.251 e. The maximum Gasteiger partial charge on any atom is 0.251 e. The second-order valence-electron chi connectivity index (χ2n) is 5.91. The number of thiophene rings is 1. The molecule has 1 amide bonds. The van der Waals surface area contributed by atoms with Crippen LogP contribution in [-0.4, -0.2) is 19.3 Å². The maximum atomic E-state index is 12.5. The second kappa shape index (κ2) is 8.43. The highest BCUT2D eigenvalue weighted by molar-refractivity contribution is 7.89. The third-order valence-corrected chi connectivity index (χ3v) is 6.25. The maximum absolute atomic E-state index is 12.5. The summed E-state index contributed by atoms with van der Waals surface area (Å²) >= 11 is 1.48. The number of carbonyl (C=O) groups excluding carboxylic acids is 1. The second-order valence-corrected chi connectivity index (χ2v) is 8.71. The van der Waals surface area contributed by atoms with E-state index < -0.39 is 10.0 Å². The van der Waals surface area contributed by atoms with Crippen LogP contribution in [0.5, 0.6) is 0 Å². The van der Waals surface area contributed by atoms with Crippen molar-refractivity contribution in [3.8, 4) is 0 Å². The average molecular weight is 402 g/mol. The lowest BCUT2D eigenvalue weighted by Gasteiger charge is -2.14. The number of rotatable bonds is 7. The molecule has 8 heteroatoms. The molecule has 0 bridgehead atoms. The van der Waals surface area contributed by atoms with Crippen LogP contribution in [0, 0.1) is 0 Å². The predicted molar refractivity (Wildman–Crippen MR) is 105 cm³/mol. The zero-order valence-electron chi connectivity index (χ0n) is 14.6. The molecule has 0 saturated heterocycles. The van der Waals surface area contributed by atoms with E-state index in [1.54, 1.807) is 24.5 Å². The molecule has 2 aromatic heterocycles. The van der Waals surface area contributed by atoms with Crippen LogP contribution in [0.4, 0.5) is 0 Å². The Morgan fingerprint density at radius 1 is 1.15 bits per heavy atom. The minimum atomic E-state index is -3.70. The number of aromatic nitrogens is 1. The lowest BCUT2D eigenvalue weighted by atomic mass is 10.1. The van der Waals surface area contributed by atoms with Gasteiger partial charge < -0.3 is 5.32 Å². The summed E-state index contributed by atoms with van der Waals surface area (Å²) in [4.78, 5) is 17.4. The number of hydrogen-bond acceptors (Lipinski definition) is 5. The first-order valence-corrected chi connectivity index (χ1v) is 10.6. The van der Waals surface area contributed by atoms with E-state index in [9.17, 15) is 13.2 Å². The van der Waals surface area contributed by atoms with Gasteiger partial charge in [-0.2, -0.15) is 0 Å².